The van der Waals surface area contributed by atoms with Crippen LogP contribution in [0, 0.1) is 11.3 Å². The Balaban J connectivity index is 2.45. The second kappa shape index (κ2) is 2.30. The Kier molecular flexibility index (Phi) is 1.80. The quantitative estimate of drug-likeness (QED) is 0.570. The average Bonchev–Trinajstić information content (AvgIpc) is 2.13. The second-order valence-electron chi connectivity index (χ2n) is 3.86. The van der Waals surface area contributed by atoms with Crippen molar-refractivity contribution in [2.75, 3.05) is 6.54 Å². The summed E-state index contributed by atoms with van der Waals surface area (Å²) in [5.41, 5.74) is 6.12. The highest BCUT2D eigenvalue weighted by Gasteiger charge is 2.31. The van der Waals surface area contributed by atoms with Gasteiger partial charge < -0.3 is 5.73 Å². The summed E-state index contributed by atoms with van der Waals surface area (Å²) in [6.45, 7) is 5.49. The fraction of sp³-hybridized carbons (Fsp3) is 1.00. The first-order chi connectivity index (χ1) is 4.16. The Bertz CT molecular complexity index is 101. The van der Waals surface area contributed by atoms with Gasteiger partial charge in [-0.25, -0.2) is 0 Å². The molecule has 2 atom stereocenters. The smallest absolute Gasteiger partial charge is 0.00231 e. The van der Waals surface area contributed by atoms with Gasteiger partial charge in [0.25, 0.3) is 0 Å². The van der Waals surface area contributed by atoms with Crippen molar-refractivity contribution >= 4 is 0 Å². The van der Waals surface area contributed by atoms with Crippen LogP contribution >= 0.6 is 0 Å². The zero-order chi connectivity index (χ0) is 6.91. The van der Waals surface area contributed by atoms with Gasteiger partial charge in [0.1, 0.15) is 0 Å². The molecule has 1 heteroatoms. The number of rotatable bonds is 1. The topological polar surface area (TPSA) is 26.0 Å². The fourth-order valence-electron chi connectivity index (χ4n) is 1.83. The van der Waals surface area contributed by atoms with Gasteiger partial charge in [0.05, 0.1) is 0 Å². The Morgan fingerprint density at radius 1 is 1.67 bits per heavy atom. The van der Waals surface area contributed by atoms with Gasteiger partial charge >= 0.3 is 0 Å². The highest BCUT2D eigenvalue weighted by atomic mass is 14.6. The number of hydrogen-bond acceptors (Lipinski definition) is 1. The molecule has 54 valence electrons. The zero-order valence-corrected chi connectivity index (χ0v) is 6.48. The molecule has 1 aliphatic carbocycles. The van der Waals surface area contributed by atoms with Crippen molar-refractivity contribution < 1.29 is 0 Å². The van der Waals surface area contributed by atoms with Crippen molar-refractivity contribution in [1.29, 1.82) is 0 Å². The van der Waals surface area contributed by atoms with Gasteiger partial charge in [0, 0.05) is 0 Å². The van der Waals surface area contributed by atoms with Gasteiger partial charge in [0.2, 0.25) is 0 Å². The third-order valence-electron chi connectivity index (χ3n) is 2.57. The highest BCUT2D eigenvalue weighted by molar-refractivity contribution is 4.84. The lowest BCUT2D eigenvalue weighted by molar-refractivity contribution is 0.337. The van der Waals surface area contributed by atoms with Crippen LogP contribution in [0.1, 0.15) is 33.1 Å². The molecule has 0 spiro atoms. The lowest BCUT2D eigenvalue weighted by Gasteiger charge is -2.20. The molecular weight excluding hydrogens is 110 g/mol. The average molecular weight is 127 g/mol. The Labute approximate surface area is 57.6 Å². The van der Waals surface area contributed by atoms with E-state index in [0.29, 0.717) is 5.41 Å². The van der Waals surface area contributed by atoms with E-state index < -0.39 is 0 Å². The van der Waals surface area contributed by atoms with Crippen molar-refractivity contribution in [3.63, 3.8) is 0 Å². The van der Waals surface area contributed by atoms with Crippen molar-refractivity contribution in [3.8, 4) is 0 Å². The van der Waals surface area contributed by atoms with Crippen molar-refractivity contribution in [3.05, 3.63) is 0 Å². The van der Waals surface area contributed by atoms with Crippen LogP contribution in [-0.2, 0) is 0 Å². The van der Waals surface area contributed by atoms with Gasteiger partial charge in [-0.2, -0.15) is 0 Å². The largest absolute Gasteiger partial charge is 0.330 e. The summed E-state index contributed by atoms with van der Waals surface area (Å²) in [5.74, 6) is 0.915. The molecule has 1 nitrogen and oxygen atoms in total. The number of hydrogen-bond donors (Lipinski definition) is 1. The lowest BCUT2D eigenvalue weighted by atomic mass is 9.88. The van der Waals surface area contributed by atoms with Crippen LogP contribution in [0.5, 0.6) is 0 Å². The fourth-order valence-corrected chi connectivity index (χ4v) is 1.83. The summed E-state index contributed by atoms with van der Waals surface area (Å²) in [7, 11) is 0. The summed E-state index contributed by atoms with van der Waals surface area (Å²) in [5, 5.41) is 0. The summed E-state index contributed by atoms with van der Waals surface area (Å²) in [6.07, 6.45) is 4.06. The summed E-state index contributed by atoms with van der Waals surface area (Å²) in [4.78, 5) is 0. The van der Waals surface area contributed by atoms with Crippen LogP contribution in [0.4, 0.5) is 0 Å². The van der Waals surface area contributed by atoms with E-state index in [1.54, 1.807) is 0 Å². The first-order valence-electron chi connectivity index (χ1n) is 3.86. The third-order valence-corrected chi connectivity index (χ3v) is 2.57. The minimum absolute atomic E-state index is 0.486. The van der Waals surface area contributed by atoms with Crippen LogP contribution in [0.15, 0.2) is 0 Å². The van der Waals surface area contributed by atoms with Gasteiger partial charge in [-0.15, -0.1) is 0 Å². The molecule has 0 aromatic heterocycles. The van der Waals surface area contributed by atoms with E-state index in [9.17, 15) is 0 Å². The summed E-state index contributed by atoms with van der Waals surface area (Å²) < 4.78 is 0. The van der Waals surface area contributed by atoms with Gasteiger partial charge in [-0.3, -0.25) is 0 Å². The molecule has 0 aromatic rings. The molecule has 2 N–H and O–H groups in total. The van der Waals surface area contributed by atoms with Gasteiger partial charge in [0.15, 0.2) is 0 Å². The Morgan fingerprint density at radius 2 is 2.33 bits per heavy atom. The van der Waals surface area contributed by atoms with E-state index in [0.717, 1.165) is 12.5 Å². The standard InChI is InChI=1S/C8H17N/c1-7-3-4-8(2,5-7)6-9/h7H,3-6,9H2,1-2H3/t7-,8-/m0/s1. The van der Waals surface area contributed by atoms with Gasteiger partial charge in [-0.05, 0) is 30.7 Å². The Hall–Kier alpha value is -0.0400. The lowest BCUT2D eigenvalue weighted by Crippen LogP contribution is -2.23. The molecule has 0 heterocycles. The van der Waals surface area contributed by atoms with E-state index in [1.807, 2.05) is 0 Å². The SMILES string of the molecule is C[C@H]1CC[C@](C)(CN)C1. The molecule has 9 heavy (non-hydrogen) atoms. The molecule has 1 rings (SSSR count). The molecule has 0 aromatic carbocycles. The maximum Gasteiger partial charge on any atom is -0.00231 e. The summed E-state index contributed by atoms with van der Waals surface area (Å²) >= 11 is 0. The van der Waals surface area contributed by atoms with Crippen molar-refractivity contribution in [2.24, 2.45) is 17.1 Å². The molecule has 0 unspecified atom stereocenters. The predicted molar refractivity (Wildman–Crippen MR) is 40.2 cm³/mol. The van der Waals surface area contributed by atoms with Crippen LogP contribution in [0.3, 0.4) is 0 Å². The highest BCUT2D eigenvalue weighted by Crippen LogP contribution is 2.39. The van der Waals surface area contributed by atoms with E-state index in [4.69, 9.17) is 5.73 Å². The number of nitrogens with two attached hydrogens (primary N) is 1. The maximum absolute atomic E-state index is 5.63. The molecule has 0 amide bonds. The molecule has 0 aliphatic heterocycles. The van der Waals surface area contributed by atoms with Crippen LogP contribution in [-0.4, -0.2) is 6.54 Å². The first-order valence-corrected chi connectivity index (χ1v) is 3.86. The monoisotopic (exact) mass is 127 g/mol. The van der Waals surface area contributed by atoms with Gasteiger partial charge in [-0.1, -0.05) is 20.3 Å². The van der Waals surface area contributed by atoms with Crippen LogP contribution in [0.25, 0.3) is 0 Å². The Morgan fingerprint density at radius 3 is 2.56 bits per heavy atom. The van der Waals surface area contributed by atoms with E-state index in [1.165, 1.54) is 19.3 Å². The molecule has 1 saturated carbocycles. The minimum atomic E-state index is 0.486. The van der Waals surface area contributed by atoms with E-state index >= 15 is 0 Å². The zero-order valence-electron chi connectivity index (χ0n) is 6.48. The molecule has 1 aliphatic rings. The normalized spacial score (nSPS) is 43.7. The maximum atomic E-state index is 5.63. The minimum Gasteiger partial charge on any atom is -0.330 e. The molecule has 0 bridgehead atoms. The molecule has 1 fully saturated rings. The van der Waals surface area contributed by atoms with Crippen LogP contribution in [0.2, 0.25) is 0 Å². The first kappa shape index (κ1) is 7.07. The van der Waals surface area contributed by atoms with Crippen molar-refractivity contribution in [1.82, 2.24) is 0 Å². The molecular formula is C8H17N. The third kappa shape index (κ3) is 1.45. The summed E-state index contributed by atoms with van der Waals surface area (Å²) in [6, 6.07) is 0. The molecule has 0 radical (unpaired) electrons. The van der Waals surface area contributed by atoms with Crippen molar-refractivity contribution in [2.45, 2.75) is 33.1 Å². The second-order valence-corrected chi connectivity index (χ2v) is 3.86. The van der Waals surface area contributed by atoms with E-state index in [2.05, 4.69) is 13.8 Å². The predicted octanol–water partition coefficient (Wildman–Crippen LogP) is 1.77. The molecule has 0 saturated heterocycles. The van der Waals surface area contributed by atoms with E-state index in [-0.39, 0.29) is 0 Å². The van der Waals surface area contributed by atoms with Crippen LogP contribution < -0.4 is 5.73 Å².